The summed E-state index contributed by atoms with van der Waals surface area (Å²) in [5.74, 6) is 0. The molecule has 3 rings (SSSR count). The Morgan fingerprint density at radius 3 is 2.77 bits per heavy atom. The number of anilines is 1. The van der Waals surface area contributed by atoms with Crippen LogP contribution in [0.4, 0.5) is 5.69 Å². The molecule has 0 fully saturated rings. The van der Waals surface area contributed by atoms with Crippen molar-refractivity contribution in [2.75, 3.05) is 18.1 Å². The standard InChI is InChI=1S/C17H18N2O2S/c20-9-4-8-19(16-5-2-1-3-6-16)11-15-13-22-17(18-15)14-7-10-21-12-14/h1-3,5-7,10,12-13,20H,4,8-9,11H2. The minimum atomic E-state index is 0.195. The summed E-state index contributed by atoms with van der Waals surface area (Å²) in [7, 11) is 0. The third-order valence-electron chi connectivity index (χ3n) is 3.38. The van der Waals surface area contributed by atoms with Gasteiger partial charge in [-0.15, -0.1) is 11.3 Å². The number of aliphatic hydroxyl groups excluding tert-OH is 1. The summed E-state index contributed by atoms with van der Waals surface area (Å²) in [6.07, 6.45) is 4.12. The van der Waals surface area contributed by atoms with Crippen molar-refractivity contribution in [3.63, 3.8) is 0 Å². The fraction of sp³-hybridized carbons (Fsp3) is 0.235. The zero-order valence-corrected chi connectivity index (χ0v) is 13.0. The van der Waals surface area contributed by atoms with E-state index < -0.39 is 0 Å². The number of aromatic nitrogens is 1. The van der Waals surface area contributed by atoms with E-state index in [4.69, 9.17) is 9.52 Å². The van der Waals surface area contributed by atoms with Gasteiger partial charge in [0.1, 0.15) is 11.3 Å². The van der Waals surface area contributed by atoms with Crippen LogP contribution in [0.25, 0.3) is 10.6 Å². The maximum Gasteiger partial charge on any atom is 0.126 e. The van der Waals surface area contributed by atoms with Crippen molar-refractivity contribution in [2.45, 2.75) is 13.0 Å². The van der Waals surface area contributed by atoms with Gasteiger partial charge < -0.3 is 14.4 Å². The summed E-state index contributed by atoms with van der Waals surface area (Å²) >= 11 is 1.62. The van der Waals surface area contributed by atoms with Crippen molar-refractivity contribution in [3.05, 3.63) is 60.0 Å². The summed E-state index contributed by atoms with van der Waals surface area (Å²) in [5.41, 5.74) is 3.19. The molecule has 2 aromatic heterocycles. The molecule has 5 heteroatoms. The van der Waals surface area contributed by atoms with E-state index in [1.807, 2.05) is 24.3 Å². The molecule has 4 nitrogen and oxygen atoms in total. The lowest BCUT2D eigenvalue weighted by molar-refractivity contribution is 0.289. The third-order valence-corrected chi connectivity index (χ3v) is 4.32. The molecule has 0 unspecified atom stereocenters. The van der Waals surface area contributed by atoms with E-state index in [9.17, 15) is 0 Å². The Balaban J connectivity index is 1.76. The molecule has 0 aliphatic heterocycles. The van der Waals surface area contributed by atoms with Gasteiger partial charge in [-0.3, -0.25) is 0 Å². The van der Waals surface area contributed by atoms with Gasteiger partial charge in [0.25, 0.3) is 0 Å². The van der Waals surface area contributed by atoms with Crippen LogP contribution in [0.15, 0.2) is 58.7 Å². The molecular formula is C17H18N2O2S. The van der Waals surface area contributed by atoms with Crippen molar-refractivity contribution < 1.29 is 9.52 Å². The first kappa shape index (κ1) is 14.8. The van der Waals surface area contributed by atoms with Gasteiger partial charge in [0.05, 0.1) is 18.5 Å². The van der Waals surface area contributed by atoms with Crippen molar-refractivity contribution in [1.29, 1.82) is 0 Å². The fourth-order valence-corrected chi connectivity index (χ4v) is 3.09. The highest BCUT2D eigenvalue weighted by atomic mass is 32.1. The van der Waals surface area contributed by atoms with Gasteiger partial charge in [-0.2, -0.15) is 0 Å². The average molecular weight is 314 g/mol. The second kappa shape index (κ2) is 7.24. The van der Waals surface area contributed by atoms with Gasteiger partial charge >= 0.3 is 0 Å². The number of nitrogens with zero attached hydrogens (tertiary/aromatic N) is 2. The van der Waals surface area contributed by atoms with Crippen LogP contribution in [0.1, 0.15) is 12.1 Å². The summed E-state index contributed by atoms with van der Waals surface area (Å²) in [4.78, 5) is 6.92. The van der Waals surface area contributed by atoms with Crippen molar-refractivity contribution in [2.24, 2.45) is 0 Å². The van der Waals surface area contributed by atoms with Crippen LogP contribution in [0, 0.1) is 0 Å². The first-order valence-corrected chi connectivity index (χ1v) is 8.12. The van der Waals surface area contributed by atoms with E-state index in [0.717, 1.165) is 41.5 Å². The summed E-state index contributed by atoms with van der Waals surface area (Å²) < 4.78 is 5.11. The number of furan rings is 1. The van der Waals surface area contributed by atoms with Gasteiger partial charge in [-0.1, -0.05) is 18.2 Å². The van der Waals surface area contributed by atoms with Crippen molar-refractivity contribution in [3.8, 4) is 10.6 Å². The van der Waals surface area contributed by atoms with Gasteiger partial charge in [-0.05, 0) is 24.6 Å². The molecule has 0 spiro atoms. The molecule has 1 aromatic carbocycles. The molecule has 0 radical (unpaired) electrons. The third kappa shape index (κ3) is 3.55. The van der Waals surface area contributed by atoms with Crippen LogP contribution in [0.2, 0.25) is 0 Å². The lowest BCUT2D eigenvalue weighted by atomic mass is 10.2. The Hall–Kier alpha value is -2.11. The van der Waals surface area contributed by atoms with Crippen molar-refractivity contribution in [1.82, 2.24) is 4.98 Å². The maximum atomic E-state index is 9.11. The van der Waals surface area contributed by atoms with E-state index in [1.165, 1.54) is 0 Å². The van der Waals surface area contributed by atoms with Crippen LogP contribution in [0.3, 0.4) is 0 Å². The second-order valence-electron chi connectivity index (χ2n) is 4.99. The Morgan fingerprint density at radius 1 is 1.18 bits per heavy atom. The summed E-state index contributed by atoms with van der Waals surface area (Å²) in [5, 5.41) is 12.2. The quantitative estimate of drug-likeness (QED) is 0.721. The highest BCUT2D eigenvalue weighted by Crippen LogP contribution is 2.25. The molecule has 3 aromatic rings. The maximum absolute atomic E-state index is 9.11. The minimum absolute atomic E-state index is 0.195. The predicted molar refractivity (Wildman–Crippen MR) is 89.0 cm³/mol. The number of para-hydroxylation sites is 1. The van der Waals surface area contributed by atoms with Crippen LogP contribution >= 0.6 is 11.3 Å². The largest absolute Gasteiger partial charge is 0.472 e. The average Bonchev–Trinajstić information content (AvgIpc) is 3.23. The Bertz CT molecular complexity index is 680. The Kier molecular flexibility index (Phi) is 4.88. The van der Waals surface area contributed by atoms with E-state index in [-0.39, 0.29) is 6.61 Å². The zero-order chi connectivity index (χ0) is 15.2. The molecule has 22 heavy (non-hydrogen) atoms. The molecule has 0 atom stereocenters. The predicted octanol–water partition coefficient (Wildman–Crippen LogP) is 3.79. The zero-order valence-electron chi connectivity index (χ0n) is 12.2. The van der Waals surface area contributed by atoms with Gasteiger partial charge in [0.15, 0.2) is 0 Å². The van der Waals surface area contributed by atoms with E-state index in [1.54, 1.807) is 23.9 Å². The smallest absolute Gasteiger partial charge is 0.126 e. The number of benzene rings is 1. The number of thiazole rings is 1. The van der Waals surface area contributed by atoms with E-state index in [2.05, 4.69) is 27.4 Å². The van der Waals surface area contributed by atoms with Gasteiger partial charge in [-0.25, -0.2) is 4.98 Å². The highest BCUT2D eigenvalue weighted by molar-refractivity contribution is 7.13. The van der Waals surface area contributed by atoms with Crippen LogP contribution in [-0.2, 0) is 6.54 Å². The van der Waals surface area contributed by atoms with Crippen LogP contribution in [-0.4, -0.2) is 23.2 Å². The topological polar surface area (TPSA) is 49.5 Å². The molecule has 0 aliphatic rings. The molecule has 0 saturated heterocycles. The summed E-state index contributed by atoms with van der Waals surface area (Å²) in [6.45, 7) is 1.73. The monoisotopic (exact) mass is 314 g/mol. The molecule has 0 bridgehead atoms. The van der Waals surface area contributed by atoms with Crippen LogP contribution < -0.4 is 4.90 Å². The number of hydrogen-bond donors (Lipinski definition) is 1. The fourth-order valence-electron chi connectivity index (χ4n) is 2.29. The molecule has 1 N–H and O–H groups in total. The number of hydrogen-bond acceptors (Lipinski definition) is 5. The molecule has 114 valence electrons. The van der Waals surface area contributed by atoms with Crippen molar-refractivity contribution >= 4 is 17.0 Å². The molecule has 0 saturated carbocycles. The molecule has 2 heterocycles. The molecule has 0 aliphatic carbocycles. The molecular weight excluding hydrogens is 296 g/mol. The Labute approximate surface area is 133 Å². The van der Waals surface area contributed by atoms with Gasteiger partial charge in [0, 0.05) is 29.8 Å². The minimum Gasteiger partial charge on any atom is -0.472 e. The first-order valence-electron chi connectivity index (χ1n) is 7.24. The second-order valence-corrected chi connectivity index (χ2v) is 5.85. The van der Waals surface area contributed by atoms with Gasteiger partial charge in [0.2, 0.25) is 0 Å². The normalized spacial score (nSPS) is 10.8. The number of rotatable bonds is 7. The van der Waals surface area contributed by atoms with Crippen LogP contribution in [0.5, 0.6) is 0 Å². The molecule has 0 amide bonds. The Morgan fingerprint density at radius 2 is 2.05 bits per heavy atom. The van der Waals surface area contributed by atoms with E-state index >= 15 is 0 Å². The van der Waals surface area contributed by atoms with E-state index in [0.29, 0.717) is 0 Å². The first-order chi connectivity index (χ1) is 10.9. The highest BCUT2D eigenvalue weighted by Gasteiger charge is 2.11. The summed E-state index contributed by atoms with van der Waals surface area (Å²) in [6, 6.07) is 12.1. The SMILES string of the molecule is OCCCN(Cc1csc(-c2ccoc2)n1)c1ccccc1. The lowest BCUT2D eigenvalue weighted by Crippen LogP contribution is -2.24. The number of aliphatic hydroxyl groups is 1. The lowest BCUT2D eigenvalue weighted by Gasteiger charge is -2.23.